The van der Waals surface area contributed by atoms with E-state index in [4.69, 9.17) is 5.73 Å². The van der Waals surface area contributed by atoms with Gasteiger partial charge < -0.3 is 11.1 Å². The number of nitrogens with two attached hydrogens (primary N) is 1. The minimum absolute atomic E-state index is 0.141. The Balaban J connectivity index is 2.73. The molecule has 0 saturated carbocycles. The molecule has 0 bridgehead atoms. The molecule has 0 saturated heterocycles. The molecule has 0 aliphatic heterocycles. The first-order chi connectivity index (χ1) is 8.95. The van der Waals surface area contributed by atoms with Crippen LogP contribution in [-0.4, -0.2) is 27.4 Å². The fourth-order valence-electron chi connectivity index (χ4n) is 1.34. The van der Waals surface area contributed by atoms with Crippen LogP contribution in [0.5, 0.6) is 0 Å². The smallest absolute Gasteiger partial charge is 0.240 e. The molecule has 6 nitrogen and oxygen atoms in total. The summed E-state index contributed by atoms with van der Waals surface area (Å²) < 4.78 is 26.1. The third-order valence-corrected chi connectivity index (χ3v) is 3.62. The second-order valence-electron chi connectivity index (χ2n) is 3.76. The second kappa shape index (κ2) is 7.03. The predicted molar refractivity (Wildman–Crippen MR) is 74.1 cm³/mol. The van der Waals surface area contributed by atoms with Crippen LogP contribution < -0.4 is 15.8 Å². The third-order valence-electron chi connectivity index (χ3n) is 2.18. The lowest BCUT2D eigenvalue weighted by Crippen LogP contribution is -2.23. The molecular weight excluding hydrogens is 266 g/mol. The molecule has 1 amide bonds. The Morgan fingerprint density at radius 3 is 2.42 bits per heavy atom. The van der Waals surface area contributed by atoms with E-state index in [1.807, 2.05) is 0 Å². The van der Waals surface area contributed by atoms with Gasteiger partial charge in [-0.15, -0.1) is 0 Å². The molecule has 0 aliphatic carbocycles. The highest BCUT2D eigenvalue weighted by Crippen LogP contribution is 2.13. The Morgan fingerprint density at radius 2 is 1.89 bits per heavy atom. The highest BCUT2D eigenvalue weighted by Gasteiger charge is 2.12. The number of sulfonamides is 1. The van der Waals surface area contributed by atoms with E-state index in [0.717, 1.165) is 0 Å². The summed E-state index contributed by atoms with van der Waals surface area (Å²) in [7, 11) is -3.54. The number of rotatable bonds is 6. The first-order valence-electron chi connectivity index (χ1n) is 5.68. The van der Waals surface area contributed by atoms with Gasteiger partial charge >= 0.3 is 0 Å². The van der Waals surface area contributed by atoms with Crippen LogP contribution in [0, 0.1) is 0 Å². The molecule has 4 N–H and O–H groups in total. The molecule has 1 aromatic rings. The van der Waals surface area contributed by atoms with E-state index in [0.29, 0.717) is 12.2 Å². The van der Waals surface area contributed by atoms with Crippen LogP contribution in [0.15, 0.2) is 41.3 Å². The van der Waals surface area contributed by atoms with Gasteiger partial charge in [0.2, 0.25) is 15.9 Å². The van der Waals surface area contributed by atoms with Crippen LogP contribution >= 0.6 is 0 Å². The van der Waals surface area contributed by atoms with Crippen molar-refractivity contribution < 1.29 is 13.2 Å². The van der Waals surface area contributed by atoms with Crippen molar-refractivity contribution in [2.75, 3.05) is 18.4 Å². The zero-order valence-electron chi connectivity index (χ0n) is 10.6. The van der Waals surface area contributed by atoms with E-state index >= 15 is 0 Å². The molecule has 1 rings (SSSR count). The molecular formula is C12H17N3O3S. The van der Waals surface area contributed by atoms with Gasteiger partial charge in [0.25, 0.3) is 0 Å². The number of anilines is 1. The first kappa shape index (κ1) is 15.4. The number of carbonyl (C=O) groups excluding carboxylic acids is 1. The minimum atomic E-state index is -3.54. The van der Waals surface area contributed by atoms with E-state index < -0.39 is 10.0 Å². The van der Waals surface area contributed by atoms with E-state index in [2.05, 4.69) is 10.0 Å². The Morgan fingerprint density at radius 1 is 1.26 bits per heavy atom. The monoisotopic (exact) mass is 283 g/mol. The average Bonchev–Trinajstić information content (AvgIpc) is 2.35. The summed E-state index contributed by atoms with van der Waals surface area (Å²) in [5, 5.41) is 2.56. The number of amides is 1. The Hall–Kier alpha value is -1.70. The topological polar surface area (TPSA) is 101 Å². The summed E-state index contributed by atoms with van der Waals surface area (Å²) in [5.41, 5.74) is 5.80. The summed E-state index contributed by atoms with van der Waals surface area (Å²) in [5.74, 6) is -0.208. The number of benzene rings is 1. The third kappa shape index (κ3) is 5.21. The second-order valence-corrected chi connectivity index (χ2v) is 5.53. The lowest BCUT2D eigenvalue weighted by atomic mass is 10.3. The van der Waals surface area contributed by atoms with E-state index in [-0.39, 0.29) is 17.3 Å². The Kier molecular flexibility index (Phi) is 5.68. The van der Waals surface area contributed by atoms with Crippen LogP contribution in [0.3, 0.4) is 0 Å². The van der Waals surface area contributed by atoms with E-state index in [1.165, 1.54) is 31.2 Å². The van der Waals surface area contributed by atoms with Crippen molar-refractivity contribution >= 4 is 21.6 Å². The van der Waals surface area contributed by atoms with Crippen LogP contribution in [0.4, 0.5) is 5.69 Å². The highest BCUT2D eigenvalue weighted by molar-refractivity contribution is 7.89. The zero-order chi connectivity index (χ0) is 14.3. The predicted octanol–water partition coefficient (Wildman–Crippen LogP) is 0.438. The van der Waals surface area contributed by atoms with Crippen molar-refractivity contribution in [1.29, 1.82) is 0 Å². The Labute approximate surface area is 112 Å². The molecule has 19 heavy (non-hydrogen) atoms. The van der Waals surface area contributed by atoms with Gasteiger partial charge in [0.1, 0.15) is 0 Å². The van der Waals surface area contributed by atoms with Crippen LogP contribution in [0.25, 0.3) is 0 Å². The largest absolute Gasteiger partial charge is 0.327 e. The quantitative estimate of drug-likeness (QED) is 0.659. The molecule has 0 atom stereocenters. The molecule has 0 aromatic heterocycles. The summed E-state index contributed by atoms with van der Waals surface area (Å²) >= 11 is 0. The fourth-order valence-corrected chi connectivity index (χ4v) is 2.32. The summed E-state index contributed by atoms with van der Waals surface area (Å²) in [6, 6.07) is 5.93. The first-order valence-corrected chi connectivity index (χ1v) is 7.16. The maximum atomic E-state index is 11.9. The summed E-state index contributed by atoms with van der Waals surface area (Å²) in [4.78, 5) is 11.0. The zero-order valence-corrected chi connectivity index (χ0v) is 11.4. The van der Waals surface area contributed by atoms with Gasteiger partial charge in [-0.05, 0) is 24.3 Å². The molecule has 7 heteroatoms. The number of nitrogens with one attached hydrogen (secondary N) is 2. The van der Waals surface area contributed by atoms with Crippen molar-refractivity contribution in [3.63, 3.8) is 0 Å². The molecule has 0 fully saturated rings. The van der Waals surface area contributed by atoms with Crippen LogP contribution in [0.2, 0.25) is 0 Å². The highest BCUT2D eigenvalue weighted by atomic mass is 32.2. The van der Waals surface area contributed by atoms with Crippen molar-refractivity contribution in [2.24, 2.45) is 5.73 Å². The van der Waals surface area contributed by atoms with Gasteiger partial charge in [-0.25, -0.2) is 13.1 Å². The van der Waals surface area contributed by atoms with Crippen molar-refractivity contribution in [3.8, 4) is 0 Å². The molecule has 104 valence electrons. The lowest BCUT2D eigenvalue weighted by molar-refractivity contribution is -0.114. The van der Waals surface area contributed by atoms with Crippen LogP contribution in [0.1, 0.15) is 6.92 Å². The number of hydrogen-bond donors (Lipinski definition) is 3. The maximum Gasteiger partial charge on any atom is 0.240 e. The van der Waals surface area contributed by atoms with Gasteiger partial charge in [0, 0.05) is 25.7 Å². The van der Waals surface area contributed by atoms with E-state index in [9.17, 15) is 13.2 Å². The summed E-state index contributed by atoms with van der Waals surface area (Å²) in [6.07, 6.45) is 3.31. The number of hydrogen-bond acceptors (Lipinski definition) is 4. The normalized spacial score (nSPS) is 11.7. The van der Waals surface area contributed by atoms with Crippen molar-refractivity contribution in [3.05, 3.63) is 36.4 Å². The fraction of sp³-hybridized carbons (Fsp3) is 0.250. The average molecular weight is 283 g/mol. The van der Waals surface area contributed by atoms with Gasteiger partial charge in [-0.3, -0.25) is 4.79 Å². The van der Waals surface area contributed by atoms with Gasteiger partial charge in [-0.1, -0.05) is 12.2 Å². The standard InChI is InChI=1S/C12H17N3O3S/c1-10(16)15-11-4-6-12(7-5-11)19(17,18)14-9-3-2-8-13/h2-7,14H,8-9,13H2,1H3,(H,15,16)/b3-2+. The van der Waals surface area contributed by atoms with Gasteiger partial charge in [0.15, 0.2) is 0 Å². The maximum absolute atomic E-state index is 11.9. The molecule has 1 aromatic carbocycles. The molecule has 0 spiro atoms. The van der Waals surface area contributed by atoms with E-state index in [1.54, 1.807) is 12.2 Å². The minimum Gasteiger partial charge on any atom is -0.327 e. The van der Waals surface area contributed by atoms with Crippen molar-refractivity contribution in [1.82, 2.24) is 4.72 Å². The van der Waals surface area contributed by atoms with Crippen molar-refractivity contribution in [2.45, 2.75) is 11.8 Å². The lowest BCUT2D eigenvalue weighted by Gasteiger charge is -2.06. The number of carbonyl (C=O) groups is 1. The molecule has 0 radical (unpaired) electrons. The van der Waals surface area contributed by atoms with Gasteiger partial charge in [-0.2, -0.15) is 0 Å². The van der Waals surface area contributed by atoms with Gasteiger partial charge in [0.05, 0.1) is 4.90 Å². The summed E-state index contributed by atoms with van der Waals surface area (Å²) in [6.45, 7) is 1.94. The SMILES string of the molecule is CC(=O)Nc1ccc(S(=O)(=O)NC/C=C/CN)cc1. The molecule has 0 heterocycles. The Bertz CT molecular complexity index is 550. The molecule has 0 unspecified atom stereocenters. The van der Waals surface area contributed by atoms with Crippen LogP contribution in [-0.2, 0) is 14.8 Å². The molecule has 0 aliphatic rings.